The quantitative estimate of drug-likeness (QED) is 0.513. The van der Waals surface area contributed by atoms with Crippen molar-refractivity contribution in [3.05, 3.63) is 42.0 Å². The minimum Gasteiger partial charge on any atom is -0.497 e. The number of rotatable bonds is 8. The summed E-state index contributed by atoms with van der Waals surface area (Å²) in [6.45, 7) is 1.65. The predicted molar refractivity (Wildman–Crippen MR) is 75.0 cm³/mol. The van der Waals surface area contributed by atoms with E-state index in [4.69, 9.17) is 4.74 Å². The van der Waals surface area contributed by atoms with Crippen LogP contribution in [0.3, 0.4) is 0 Å². The SMILES string of the molecule is COc1ccc(CC/C=C/CCCC(C)=O)cc1. The van der Waals surface area contributed by atoms with Gasteiger partial charge < -0.3 is 9.53 Å². The van der Waals surface area contributed by atoms with Gasteiger partial charge in [-0.05, 0) is 50.3 Å². The number of carbonyl (C=O) groups is 1. The van der Waals surface area contributed by atoms with E-state index < -0.39 is 0 Å². The van der Waals surface area contributed by atoms with Crippen LogP contribution in [-0.2, 0) is 11.2 Å². The fraction of sp³-hybridized carbons (Fsp3) is 0.438. The number of aryl methyl sites for hydroxylation is 1. The van der Waals surface area contributed by atoms with E-state index in [1.165, 1.54) is 5.56 Å². The first-order chi connectivity index (χ1) is 8.72. The zero-order valence-corrected chi connectivity index (χ0v) is 11.3. The Balaban J connectivity index is 2.16. The standard InChI is InChI=1S/C16H22O2/c1-14(17)8-6-4-3-5-7-9-15-10-12-16(18-2)13-11-15/h3,5,10-13H,4,6-9H2,1-2H3/b5-3+. The number of benzene rings is 1. The van der Waals surface area contributed by atoms with Crippen molar-refractivity contribution in [3.8, 4) is 5.75 Å². The first kappa shape index (κ1) is 14.5. The van der Waals surface area contributed by atoms with Gasteiger partial charge >= 0.3 is 0 Å². The maximum Gasteiger partial charge on any atom is 0.129 e. The maximum atomic E-state index is 10.7. The number of Topliss-reactive ketones (excluding diaryl/α,β-unsaturated/α-hetero) is 1. The third-order valence-electron chi connectivity index (χ3n) is 2.83. The van der Waals surface area contributed by atoms with Crippen molar-refractivity contribution in [1.29, 1.82) is 0 Å². The van der Waals surface area contributed by atoms with Crippen molar-refractivity contribution in [2.45, 2.75) is 39.0 Å². The molecule has 0 atom stereocenters. The Morgan fingerprint density at radius 1 is 1.17 bits per heavy atom. The highest BCUT2D eigenvalue weighted by atomic mass is 16.5. The molecule has 0 bridgehead atoms. The molecule has 0 unspecified atom stereocenters. The van der Waals surface area contributed by atoms with Gasteiger partial charge in [-0.3, -0.25) is 0 Å². The number of methoxy groups -OCH3 is 1. The second-order valence-electron chi connectivity index (χ2n) is 4.45. The number of unbranched alkanes of at least 4 members (excludes halogenated alkanes) is 1. The fourth-order valence-corrected chi connectivity index (χ4v) is 1.75. The molecule has 0 fully saturated rings. The Labute approximate surface area is 110 Å². The van der Waals surface area contributed by atoms with Crippen LogP contribution < -0.4 is 4.74 Å². The van der Waals surface area contributed by atoms with E-state index in [0.717, 1.165) is 31.4 Å². The number of hydrogen-bond donors (Lipinski definition) is 0. The molecule has 0 aliphatic rings. The summed E-state index contributed by atoms with van der Waals surface area (Å²) in [5.41, 5.74) is 1.32. The molecule has 18 heavy (non-hydrogen) atoms. The summed E-state index contributed by atoms with van der Waals surface area (Å²) in [4.78, 5) is 10.7. The van der Waals surface area contributed by atoms with Crippen molar-refractivity contribution in [2.75, 3.05) is 7.11 Å². The molecule has 0 saturated carbocycles. The van der Waals surface area contributed by atoms with Gasteiger partial charge in [-0.2, -0.15) is 0 Å². The van der Waals surface area contributed by atoms with Crippen LogP contribution in [-0.4, -0.2) is 12.9 Å². The average Bonchev–Trinajstić information content (AvgIpc) is 2.38. The number of allylic oxidation sites excluding steroid dienone is 2. The lowest BCUT2D eigenvalue weighted by Crippen LogP contribution is -1.88. The molecule has 0 spiro atoms. The lowest BCUT2D eigenvalue weighted by molar-refractivity contribution is -0.117. The van der Waals surface area contributed by atoms with Crippen LogP contribution in [0.2, 0.25) is 0 Å². The summed E-state index contributed by atoms with van der Waals surface area (Å²) in [6.07, 6.45) is 9.13. The molecule has 0 amide bonds. The Morgan fingerprint density at radius 2 is 1.83 bits per heavy atom. The number of carbonyl (C=O) groups excluding carboxylic acids is 1. The molecule has 2 heteroatoms. The zero-order chi connectivity index (χ0) is 13.2. The molecular weight excluding hydrogens is 224 g/mol. The summed E-state index contributed by atoms with van der Waals surface area (Å²) in [5.74, 6) is 1.18. The minimum atomic E-state index is 0.279. The highest BCUT2D eigenvalue weighted by Gasteiger charge is 1.93. The molecule has 0 heterocycles. The summed E-state index contributed by atoms with van der Waals surface area (Å²) in [7, 11) is 1.68. The maximum absolute atomic E-state index is 10.7. The molecule has 0 aliphatic heterocycles. The predicted octanol–water partition coefficient (Wildman–Crippen LogP) is 3.94. The van der Waals surface area contributed by atoms with Crippen molar-refractivity contribution in [3.63, 3.8) is 0 Å². The molecular formula is C16H22O2. The van der Waals surface area contributed by atoms with E-state index in [1.54, 1.807) is 14.0 Å². The molecule has 0 aromatic heterocycles. The Kier molecular flexibility index (Phi) is 6.85. The monoisotopic (exact) mass is 246 g/mol. The van der Waals surface area contributed by atoms with Crippen LogP contribution >= 0.6 is 0 Å². The molecule has 1 rings (SSSR count). The van der Waals surface area contributed by atoms with Crippen LogP contribution in [0.5, 0.6) is 5.75 Å². The minimum absolute atomic E-state index is 0.279. The van der Waals surface area contributed by atoms with E-state index in [9.17, 15) is 4.79 Å². The largest absolute Gasteiger partial charge is 0.497 e. The number of ether oxygens (including phenoxy) is 1. The average molecular weight is 246 g/mol. The lowest BCUT2D eigenvalue weighted by atomic mass is 10.1. The Bertz CT molecular complexity index is 377. The second-order valence-corrected chi connectivity index (χ2v) is 4.45. The second kappa shape index (κ2) is 8.51. The van der Waals surface area contributed by atoms with Crippen LogP contribution in [0, 0.1) is 0 Å². The van der Waals surface area contributed by atoms with E-state index >= 15 is 0 Å². The van der Waals surface area contributed by atoms with Gasteiger partial charge in [0.25, 0.3) is 0 Å². The van der Waals surface area contributed by atoms with Crippen molar-refractivity contribution in [2.24, 2.45) is 0 Å². The molecule has 0 saturated heterocycles. The van der Waals surface area contributed by atoms with Crippen molar-refractivity contribution >= 4 is 5.78 Å². The highest BCUT2D eigenvalue weighted by Crippen LogP contribution is 2.12. The van der Waals surface area contributed by atoms with E-state index in [1.807, 2.05) is 12.1 Å². The normalized spacial score (nSPS) is 10.8. The highest BCUT2D eigenvalue weighted by molar-refractivity contribution is 5.75. The summed E-state index contributed by atoms with van der Waals surface area (Å²) in [5, 5.41) is 0. The van der Waals surface area contributed by atoms with Gasteiger partial charge in [-0.25, -0.2) is 0 Å². The van der Waals surface area contributed by atoms with Crippen molar-refractivity contribution < 1.29 is 9.53 Å². The fourth-order valence-electron chi connectivity index (χ4n) is 1.75. The van der Waals surface area contributed by atoms with Gasteiger partial charge in [-0.15, -0.1) is 0 Å². The first-order valence-electron chi connectivity index (χ1n) is 6.49. The molecule has 0 aliphatic carbocycles. The summed E-state index contributed by atoms with van der Waals surface area (Å²) < 4.78 is 5.12. The molecule has 2 nitrogen and oxygen atoms in total. The third kappa shape index (κ3) is 6.24. The van der Waals surface area contributed by atoms with Crippen LogP contribution in [0.1, 0.15) is 38.2 Å². The smallest absolute Gasteiger partial charge is 0.129 e. The van der Waals surface area contributed by atoms with Gasteiger partial charge in [0.2, 0.25) is 0 Å². The molecule has 1 aromatic rings. The Morgan fingerprint density at radius 3 is 2.44 bits per heavy atom. The van der Waals surface area contributed by atoms with Crippen molar-refractivity contribution in [1.82, 2.24) is 0 Å². The molecule has 98 valence electrons. The third-order valence-corrected chi connectivity index (χ3v) is 2.83. The van der Waals surface area contributed by atoms with Crippen LogP contribution in [0.15, 0.2) is 36.4 Å². The molecule has 0 radical (unpaired) electrons. The summed E-state index contributed by atoms with van der Waals surface area (Å²) in [6, 6.07) is 8.18. The first-order valence-corrected chi connectivity index (χ1v) is 6.49. The topological polar surface area (TPSA) is 26.3 Å². The van der Waals surface area contributed by atoms with Gasteiger partial charge in [0, 0.05) is 6.42 Å². The lowest BCUT2D eigenvalue weighted by Gasteiger charge is -2.01. The zero-order valence-electron chi connectivity index (χ0n) is 11.3. The summed E-state index contributed by atoms with van der Waals surface area (Å²) >= 11 is 0. The number of ketones is 1. The van der Waals surface area contributed by atoms with Crippen LogP contribution in [0.4, 0.5) is 0 Å². The van der Waals surface area contributed by atoms with Gasteiger partial charge in [0.1, 0.15) is 11.5 Å². The van der Waals surface area contributed by atoms with E-state index in [0.29, 0.717) is 6.42 Å². The molecule has 1 aromatic carbocycles. The van der Waals surface area contributed by atoms with Gasteiger partial charge in [0.05, 0.1) is 7.11 Å². The van der Waals surface area contributed by atoms with Crippen LogP contribution in [0.25, 0.3) is 0 Å². The molecule has 0 N–H and O–H groups in total. The number of hydrogen-bond acceptors (Lipinski definition) is 2. The van der Waals surface area contributed by atoms with Gasteiger partial charge in [-0.1, -0.05) is 24.3 Å². The Hall–Kier alpha value is -1.57. The van der Waals surface area contributed by atoms with E-state index in [-0.39, 0.29) is 5.78 Å². The van der Waals surface area contributed by atoms with Gasteiger partial charge in [0.15, 0.2) is 0 Å². The van der Waals surface area contributed by atoms with E-state index in [2.05, 4.69) is 24.3 Å².